The fourth-order valence-electron chi connectivity index (χ4n) is 3.52. The number of ether oxygens (including phenoxy) is 2. The van der Waals surface area contributed by atoms with E-state index in [-0.39, 0.29) is 24.4 Å². The molecule has 4 rings (SSSR count). The van der Waals surface area contributed by atoms with Crippen LogP contribution in [0, 0.1) is 5.82 Å². The van der Waals surface area contributed by atoms with E-state index in [2.05, 4.69) is 25.5 Å². The number of halogens is 1. The van der Waals surface area contributed by atoms with E-state index in [0.717, 1.165) is 12.8 Å². The van der Waals surface area contributed by atoms with E-state index in [1.807, 2.05) is 20.8 Å². The van der Waals surface area contributed by atoms with Crippen LogP contribution in [0.4, 0.5) is 9.18 Å². The number of carbonyl (C=O) groups is 1. The zero-order valence-electron chi connectivity index (χ0n) is 18.8. The number of hydrogen-bond acceptors (Lipinski definition) is 8. The topological polar surface area (TPSA) is 108 Å². The Balaban J connectivity index is 1.34. The van der Waals surface area contributed by atoms with Gasteiger partial charge in [-0.25, -0.2) is 23.8 Å². The van der Waals surface area contributed by atoms with Gasteiger partial charge in [-0.1, -0.05) is 0 Å². The first-order chi connectivity index (χ1) is 15.8. The average Bonchev–Trinajstić information content (AvgIpc) is 3.32. The van der Waals surface area contributed by atoms with Crippen molar-refractivity contribution in [3.8, 4) is 11.4 Å². The highest BCUT2D eigenvalue weighted by Gasteiger charge is 2.28. The van der Waals surface area contributed by atoms with Crippen molar-refractivity contribution in [2.75, 3.05) is 13.1 Å². The summed E-state index contributed by atoms with van der Waals surface area (Å²) >= 11 is 0. The van der Waals surface area contributed by atoms with Crippen molar-refractivity contribution in [3.05, 3.63) is 54.1 Å². The van der Waals surface area contributed by atoms with Gasteiger partial charge in [0.25, 0.3) is 0 Å². The summed E-state index contributed by atoms with van der Waals surface area (Å²) < 4.78 is 26.9. The number of hydrogen-bond donors (Lipinski definition) is 0. The van der Waals surface area contributed by atoms with E-state index in [9.17, 15) is 9.18 Å². The lowest BCUT2D eigenvalue weighted by Crippen LogP contribution is -2.41. The number of amides is 1. The first-order valence-corrected chi connectivity index (χ1v) is 10.7. The molecule has 11 heteroatoms. The average molecular weight is 455 g/mol. The number of aromatic nitrogens is 6. The number of tetrazole rings is 1. The Morgan fingerprint density at radius 2 is 2.00 bits per heavy atom. The van der Waals surface area contributed by atoms with Crippen LogP contribution in [0.5, 0.6) is 5.75 Å². The van der Waals surface area contributed by atoms with Gasteiger partial charge in [0.05, 0.1) is 11.4 Å². The standard InChI is InChI=1S/C22H26FN7O3/c1-22(2,3)33-21(31)29-10-7-15(8-11-29)20-24-9-6-16(26-20)13-32-19-5-4-17(12-18(19)23)30-14-25-27-28-30/h4-6,9,12,14-15H,7-8,10-11,13H2,1-3H3. The van der Waals surface area contributed by atoms with Gasteiger partial charge in [0, 0.05) is 31.3 Å². The Hall–Kier alpha value is -3.63. The Bertz CT molecular complexity index is 1090. The van der Waals surface area contributed by atoms with Gasteiger partial charge in [-0.15, -0.1) is 5.10 Å². The molecule has 174 valence electrons. The normalized spacial score (nSPS) is 14.8. The smallest absolute Gasteiger partial charge is 0.410 e. The van der Waals surface area contributed by atoms with E-state index in [4.69, 9.17) is 9.47 Å². The molecule has 0 saturated carbocycles. The summed E-state index contributed by atoms with van der Waals surface area (Å²) in [5.41, 5.74) is 0.629. The monoisotopic (exact) mass is 455 g/mol. The minimum atomic E-state index is -0.521. The fourth-order valence-corrected chi connectivity index (χ4v) is 3.52. The first kappa shape index (κ1) is 22.6. The van der Waals surface area contributed by atoms with Crippen LogP contribution in [0.15, 0.2) is 36.8 Å². The Labute approximate surface area is 190 Å². The third kappa shape index (κ3) is 5.79. The second kappa shape index (κ2) is 9.47. The third-order valence-corrected chi connectivity index (χ3v) is 5.15. The predicted molar refractivity (Wildman–Crippen MR) is 115 cm³/mol. The molecule has 0 spiro atoms. The SMILES string of the molecule is CC(C)(C)OC(=O)N1CCC(c2nccc(COc3ccc(-n4cnnn4)cc3F)n2)CC1. The number of benzene rings is 1. The van der Waals surface area contributed by atoms with Gasteiger partial charge in [-0.05, 0) is 62.2 Å². The van der Waals surface area contributed by atoms with Crippen LogP contribution in [0.2, 0.25) is 0 Å². The third-order valence-electron chi connectivity index (χ3n) is 5.15. The quantitative estimate of drug-likeness (QED) is 0.577. The van der Waals surface area contributed by atoms with Crippen molar-refractivity contribution in [1.29, 1.82) is 0 Å². The molecule has 1 aromatic carbocycles. The van der Waals surface area contributed by atoms with E-state index in [1.54, 1.807) is 23.2 Å². The maximum atomic E-state index is 14.4. The van der Waals surface area contributed by atoms with Crippen molar-refractivity contribution in [2.45, 2.75) is 51.7 Å². The zero-order chi connectivity index (χ0) is 23.4. The molecular weight excluding hydrogens is 429 g/mol. The summed E-state index contributed by atoms with van der Waals surface area (Å²) in [6, 6.07) is 6.24. The molecule has 1 amide bonds. The summed E-state index contributed by atoms with van der Waals surface area (Å²) in [5, 5.41) is 10.8. The van der Waals surface area contributed by atoms with Crippen LogP contribution in [-0.4, -0.2) is 59.9 Å². The molecule has 1 aliphatic heterocycles. The van der Waals surface area contributed by atoms with Crippen LogP contribution in [0.1, 0.15) is 51.0 Å². The van der Waals surface area contributed by atoms with Crippen LogP contribution in [0.25, 0.3) is 5.69 Å². The van der Waals surface area contributed by atoms with Crippen LogP contribution < -0.4 is 4.74 Å². The number of rotatable bonds is 5. The summed E-state index contributed by atoms with van der Waals surface area (Å²) in [4.78, 5) is 23.0. The van der Waals surface area contributed by atoms with E-state index >= 15 is 0 Å². The molecule has 0 aliphatic carbocycles. The van der Waals surface area contributed by atoms with E-state index < -0.39 is 11.4 Å². The zero-order valence-corrected chi connectivity index (χ0v) is 18.8. The maximum Gasteiger partial charge on any atom is 0.410 e. The molecule has 2 aromatic heterocycles. The van der Waals surface area contributed by atoms with Gasteiger partial charge in [-0.2, -0.15) is 0 Å². The first-order valence-electron chi connectivity index (χ1n) is 10.7. The van der Waals surface area contributed by atoms with Crippen LogP contribution in [0.3, 0.4) is 0 Å². The molecule has 33 heavy (non-hydrogen) atoms. The van der Waals surface area contributed by atoms with Crippen molar-refractivity contribution in [2.24, 2.45) is 0 Å². The van der Waals surface area contributed by atoms with Crippen molar-refractivity contribution in [1.82, 2.24) is 35.1 Å². The predicted octanol–water partition coefficient (Wildman–Crippen LogP) is 3.28. The second-order valence-corrected chi connectivity index (χ2v) is 8.81. The van der Waals surface area contributed by atoms with Crippen molar-refractivity contribution < 1.29 is 18.7 Å². The Morgan fingerprint density at radius 1 is 1.21 bits per heavy atom. The number of likely N-dealkylation sites (tertiary alicyclic amines) is 1. The molecule has 0 atom stereocenters. The highest BCUT2D eigenvalue weighted by Crippen LogP contribution is 2.27. The van der Waals surface area contributed by atoms with Gasteiger partial charge in [0.15, 0.2) is 11.6 Å². The molecule has 3 heterocycles. The number of nitrogens with zero attached hydrogens (tertiary/aromatic N) is 7. The highest BCUT2D eigenvalue weighted by atomic mass is 19.1. The van der Waals surface area contributed by atoms with Gasteiger partial charge >= 0.3 is 6.09 Å². The minimum Gasteiger partial charge on any atom is -0.484 e. The van der Waals surface area contributed by atoms with E-state index in [1.165, 1.54) is 23.1 Å². The molecule has 1 aliphatic rings. The largest absolute Gasteiger partial charge is 0.484 e. The lowest BCUT2D eigenvalue weighted by atomic mass is 9.96. The van der Waals surface area contributed by atoms with Crippen LogP contribution >= 0.6 is 0 Å². The molecule has 10 nitrogen and oxygen atoms in total. The van der Waals surface area contributed by atoms with Gasteiger partial charge in [-0.3, -0.25) is 0 Å². The van der Waals surface area contributed by atoms with Gasteiger partial charge < -0.3 is 14.4 Å². The molecule has 0 bridgehead atoms. The minimum absolute atomic E-state index is 0.105. The van der Waals surface area contributed by atoms with Crippen molar-refractivity contribution >= 4 is 6.09 Å². The number of piperidine rings is 1. The Morgan fingerprint density at radius 3 is 2.67 bits per heavy atom. The van der Waals surface area contributed by atoms with Gasteiger partial charge in [0.2, 0.25) is 0 Å². The number of carbonyl (C=O) groups excluding carboxylic acids is 1. The lowest BCUT2D eigenvalue weighted by Gasteiger charge is -2.32. The molecule has 3 aromatic rings. The maximum absolute atomic E-state index is 14.4. The Kier molecular flexibility index (Phi) is 6.47. The second-order valence-electron chi connectivity index (χ2n) is 8.81. The van der Waals surface area contributed by atoms with Crippen molar-refractivity contribution in [3.63, 3.8) is 0 Å². The highest BCUT2D eigenvalue weighted by molar-refractivity contribution is 5.68. The molecule has 1 fully saturated rings. The summed E-state index contributed by atoms with van der Waals surface area (Å²) in [5.74, 6) is 0.426. The van der Waals surface area contributed by atoms with Gasteiger partial charge in [0.1, 0.15) is 24.4 Å². The van der Waals surface area contributed by atoms with E-state index in [0.29, 0.717) is 30.3 Å². The summed E-state index contributed by atoms with van der Waals surface area (Å²) in [7, 11) is 0. The van der Waals surface area contributed by atoms with Crippen LogP contribution in [-0.2, 0) is 11.3 Å². The molecule has 0 N–H and O–H groups in total. The molecule has 1 saturated heterocycles. The fraction of sp³-hybridized carbons (Fsp3) is 0.455. The lowest BCUT2D eigenvalue weighted by molar-refractivity contribution is 0.0203. The summed E-state index contributed by atoms with van der Waals surface area (Å²) in [6.45, 7) is 6.84. The molecule has 0 radical (unpaired) electrons. The molecular formula is C22H26FN7O3. The molecule has 0 unspecified atom stereocenters. The summed E-state index contributed by atoms with van der Waals surface area (Å²) in [6.07, 6.45) is 4.26.